The van der Waals surface area contributed by atoms with Crippen LogP contribution in [0.2, 0.25) is 0 Å². The number of hydrogen-bond donors (Lipinski definition) is 1. The van der Waals surface area contributed by atoms with E-state index >= 15 is 0 Å². The molecule has 1 aliphatic carbocycles. The molecule has 0 amide bonds. The number of nitrogens with zero attached hydrogens (tertiary/aromatic N) is 2. The molecule has 0 radical (unpaired) electrons. The highest BCUT2D eigenvalue weighted by Crippen LogP contribution is 2.35. The Kier molecular flexibility index (Phi) is 4.64. The van der Waals surface area contributed by atoms with Gasteiger partial charge in [0, 0.05) is 12.6 Å². The Morgan fingerprint density at radius 1 is 1.39 bits per heavy atom. The Labute approximate surface area is 112 Å². The van der Waals surface area contributed by atoms with Gasteiger partial charge in [-0.05, 0) is 51.1 Å². The average molecular weight is 249 g/mol. The first-order valence-corrected chi connectivity index (χ1v) is 7.63. The molecule has 1 saturated heterocycles. The number of hydrogen-bond acceptors (Lipinski definition) is 3. The van der Waals surface area contributed by atoms with E-state index in [2.05, 4.69) is 30.1 Å². The Morgan fingerprint density at radius 3 is 2.89 bits per heavy atom. The number of likely N-dealkylation sites (tertiary alicyclic amines) is 1. The lowest BCUT2D eigenvalue weighted by Gasteiger charge is -2.26. The summed E-state index contributed by atoms with van der Waals surface area (Å²) in [6.45, 7) is 7.80. The van der Waals surface area contributed by atoms with Crippen molar-refractivity contribution in [3.05, 3.63) is 0 Å². The largest absolute Gasteiger partial charge is 0.300 e. The van der Waals surface area contributed by atoms with Gasteiger partial charge < -0.3 is 0 Å². The van der Waals surface area contributed by atoms with E-state index in [1.807, 2.05) is 0 Å². The lowest BCUT2D eigenvalue weighted by atomic mass is 9.99. The van der Waals surface area contributed by atoms with E-state index in [0.717, 1.165) is 25.3 Å². The molecule has 2 fully saturated rings. The third kappa shape index (κ3) is 2.87. The lowest BCUT2D eigenvalue weighted by molar-refractivity contribution is 0.227. The molecule has 1 aliphatic heterocycles. The minimum atomic E-state index is -0.234. The van der Waals surface area contributed by atoms with Crippen LogP contribution in [0.5, 0.6) is 0 Å². The van der Waals surface area contributed by atoms with Gasteiger partial charge in [0.25, 0.3) is 0 Å². The fourth-order valence-electron chi connectivity index (χ4n) is 3.81. The minimum absolute atomic E-state index is 0.234. The molecular weight excluding hydrogens is 222 g/mol. The van der Waals surface area contributed by atoms with Crippen LogP contribution in [-0.2, 0) is 0 Å². The summed E-state index contributed by atoms with van der Waals surface area (Å²) in [6.07, 6.45) is 7.29. The van der Waals surface area contributed by atoms with E-state index in [9.17, 15) is 5.26 Å². The summed E-state index contributed by atoms with van der Waals surface area (Å²) >= 11 is 0. The topological polar surface area (TPSA) is 39.1 Å². The summed E-state index contributed by atoms with van der Waals surface area (Å²) in [6, 6.07) is 3.17. The summed E-state index contributed by atoms with van der Waals surface area (Å²) < 4.78 is 0. The molecule has 3 nitrogen and oxygen atoms in total. The van der Waals surface area contributed by atoms with E-state index in [0.29, 0.717) is 6.04 Å². The van der Waals surface area contributed by atoms with Gasteiger partial charge in [0.05, 0.1) is 6.07 Å². The maximum absolute atomic E-state index is 9.41. The van der Waals surface area contributed by atoms with Crippen LogP contribution in [0.4, 0.5) is 0 Å². The maximum Gasteiger partial charge on any atom is 0.108 e. The van der Waals surface area contributed by atoms with Crippen LogP contribution in [-0.4, -0.2) is 36.1 Å². The van der Waals surface area contributed by atoms with Crippen LogP contribution in [0.3, 0.4) is 0 Å². The molecule has 2 aliphatic rings. The highest BCUT2D eigenvalue weighted by molar-refractivity contribution is 5.13. The van der Waals surface area contributed by atoms with E-state index in [-0.39, 0.29) is 5.54 Å². The van der Waals surface area contributed by atoms with E-state index in [1.54, 1.807) is 0 Å². The van der Waals surface area contributed by atoms with Crippen LogP contribution in [0.15, 0.2) is 0 Å². The smallest absolute Gasteiger partial charge is 0.108 e. The second-order valence-corrected chi connectivity index (χ2v) is 6.06. The zero-order valence-corrected chi connectivity index (χ0v) is 11.9. The van der Waals surface area contributed by atoms with Crippen molar-refractivity contribution in [2.24, 2.45) is 5.92 Å². The van der Waals surface area contributed by atoms with Gasteiger partial charge in [-0.25, -0.2) is 0 Å². The van der Waals surface area contributed by atoms with Crippen LogP contribution in [0.1, 0.15) is 52.4 Å². The minimum Gasteiger partial charge on any atom is -0.300 e. The van der Waals surface area contributed by atoms with Crippen LogP contribution >= 0.6 is 0 Å². The van der Waals surface area contributed by atoms with Crippen molar-refractivity contribution in [3.63, 3.8) is 0 Å². The number of nitriles is 1. The molecule has 0 bridgehead atoms. The van der Waals surface area contributed by atoms with Crippen molar-refractivity contribution in [1.82, 2.24) is 10.2 Å². The molecule has 1 N–H and O–H groups in total. The molecule has 3 unspecified atom stereocenters. The van der Waals surface area contributed by atoms with E-state index in [1.165, 1.54) is 38.8 Å². The average Bonchev–Trinajstić information content (AvgIpc) is 2.98. The first-order chi connectivity index (χ1) is 8.73. The zero-order valence-electron chi connectivity index (χ0n) is 11.9. The van der Waals surface area contributed by atoms with Crippen LogP contribution in [0.25, 0.3) is 0 Å². The molecule has 0 spiro atoms. The Balaban J connectivity index is 1.88. The van der Waals surface area contributed by atoms with Gasteiger partial charge in [-0.3, -0.25) is 10.2 Å². The normalized spacial score (nSPS) is 36.9. The quantitative estimate of drug-likeness (QED) is 0.814. The van der Waals surface area contributed by atoms with Gasteiger partial charge in [-0.15, -0.1) is 0 Å². The molecule has 0 aromatic rings. The first-order valence-electron chi connectivity index (χ1n) is 7.63. The molecule has 1 saturated carbocycles. The lowest BCUT2D eigenvalue weighted by Crippen LogP contribution is -2.43. The van der Waals surface area contributed by atoms with Crippen molar-refractivity contribution in [2.45, 2.75) is 64.0 Å². The Hall–Kier alpha value is -0.590. The van der Waals surface area contributed by atoms with Gasteiger partial charge in [-0.2, -0.15) is 5.26 Å². The SMILES string of the molecule is CCCC1CCN(C2CCC(C#N)(NCC)C2)C1. The van der Waals surface area contributed by atoms with Gasteiger partial charge in [0.2, 0.25) is 0 Å². The van der Waals surface area contributed by atoms with E-state index < -0.39 is 0 Å². The Morgan fingerprint density at radius 2 is 2.22 bits per heavy atom. The molecule has 0 aromatic carbocycles. The van der Waals surface area contributed by atoms with Crippen LogP contribution < -0.4 is 5.32 Å². The molecule has 0 aromatic heterocycles. The Bertz CT molecular complexity index is 309. The number of nitrogens with one attached hydrogen (secondary N) is 1. The van der Waals surface area contributed by atoms with Crippen molar-refractivity contribution in [1.29, 1.82) is 5.26 Å². The standard InChI is InChI=1S/C15H27N3/c1-3-5-13-7-9-18(11-13)14-6-8-15(10-14,12-16)17-4-2/h13-14,17H,3-11H2,1-2H3. The summed E-state index contributed by atoms with van der Waals surface area (Å²) in [4.78, 5) is 2.65. The maximum atomic E-state index is 9.41. The summed E-state index contributed by atoms with van der Waals surface area (Å²) in [5.74, 6) is 0.909. The summed E-state index contributed by atoms with van der Waals surface area (Å²) in [5, 5.41) is 12.8. The van der Waals surface area contributed by atoms with Crippen molar-refractivity contribution in [2.75, 3.05) is 19.6 Å². The van der Waals surface area contributed by atoms with Crippen LogP contribution in [0, 0.1) is 17.2 Å². The van der Waals surface area contributed by atoms with Gasteiger partial charge in [0.1, 0.15) is 5.54 Å². The fraction of sp³-hybridized carbons (Fsp3) is 0.933. The van der Waals surface area contributed by atoms with Crippen molar-refractivity contribution >= 4 is 0 Å². The predicted octanol–water partition coefficient (Wildman–Crippen LogP) is 2.53. The van der Waals surface area contributed by atoms with Gasteiger partial charge in [-0.1, -0.05) is 20.3 Å². The summed E-state index contributed by atoms with van der Waals surface area (Å²) in [7, 11) is 0. The number of rotatable bonds is 5. The highest BCUT2D eigenvalue weighted by Gasteiger charge is 2.42. The predicted molar refractivity (Wildman–Crippen MR) is 74.2 cm³/mol. The zero-order chi connectivity index (χ0) is 13.0. The van der Waals surface area contributed by atoms with Crippen molar-refractivity contribution < 1.29 is 0 Å². The second-order valence-electron chi connectivity index (χ2n) is 6.06. The molecular formula is C15H27N3. The second kappa shape index (κ2) is 6.04. The monoisotopic (exact) mass is 249 g/mol. The van der Waals surface area contributed by atoms with Gasteiger partial charge >= 0.3 is 0 Å². The first kappa shape index (κ1) is 13.8. The van der Waals surface area contributed by atoms with E-state index in [4.69, 9.17) is 0 Å². The molecule has 18 heavy (non-hydrogen) atoms. The third-order valence-corrected chi connectivity index (χ3v) is 4.75. The summed E-state index contributed by atoms with van der Waals surface area (Å²) in [5.41, 5.74) is -0.234. The fourth-order valence-corrected chi connectivity index (χ4v) is 3.81. The highest BCUT2D eigenvalue weighted by atomic mass is 15.2. The van der Waals surface area contributed by atoms with Gasteiger partial charge in [0.15, 0.2) is 0 Å². The molecule has 102 valence electrons. The van der Waals surface area contributed by atoms with Crippen molar-refractivity contribution in [3.8, 4) is 6.07 Å². The molecule has 3 heteroatoms. The third-order valence-electron chi connectivity index (χ3n) is 4.75. The molecule has 1 heterocycles. The molecule has 3 atom stereocenters. The molecule has 2 rings (SSSR count).